The number of carbonyl (C=O) groups excluding carboxylic acids is 2. The molecule has 0 bridgehead atoms. The van der Waals surface area contributed by atoms with E-state index in [2.05, 4.69) is 4.90 Å². The smallest absolute Gasteiger partial charge is 0.292 e. The van der Waals surface area contributed by atoms with Gasteiger partial charge in [-0.1, -0.05) is 18.5 Å². The first kappa shape index (κ1) is 20.7. The Morgan fingerprint density at radius 2 is 1.63 bits per heavy atom. The van der Waals surface area contributed by atoms with Crippen LogP contribution in [0.5, 0.6) is 5.75 Å². The van der Waals surface area contributed by atoms with Crippen molar-refractivity contribution in [2.75, 3.05) is 42.6 Å². The number of carbonyl (C=O) groups is 2. The molecular formula is C23H27ClN3O3+. The topological polar surface area (TPSA) is 54.3 Å². The van der Waals surface area contributed by atoms with Gasteiger partial charge in [0.15, 0.2) is 6.04 Å². The average Bonchev–Trinajstić information content (AvgIpc) is 3.07. The Hall–Kier alpha value is -2.57. The van der Waals surface area contributed by atoms with E-state index in [1.807, 2.05) is 43.3 Å². The molecule has 0 spiro atoms. The molecule has 0 saturated carbocycles. The van der Waals surface area contributed by atoms with Crippen molar-refractivity contribution in [3.63, 3.8) is 0 Å². The van der Waals surface area contributed by atoms with Crippen LogP contribution in [0.15, 0.2) is 48.5 Å². The minimum Gasteiger partial charge on any atom is -0.494 e. The zero-order chi connectivity index (χ0) is 21.1. The highest BCUT2D eigenvalue weighted by Crippen LogP contribution is 2.25. The van der Waals surface area contributed by atoms with Crippen molar-refractivity contribution in [1.82, 2.24) is 0 Å². The average molecular weight is 429 g/mol. The summed E-state index contributed by atoms with van der Waals surface area (Å²) in [6.07, 6.45) is 1.20. The first-order valence-electron chi connectivity index (χ1n) is 10.5. The van der Waals surface area contributed by atoms with E-state index in [0.29, 0.717) is 12.3 Å². The Labute approximate surface area is 182 Å². The van der Waals surface area contributed by atoms with Crippen molar-refractivity contribution in [2.45, 2.75) is 25.8 Å². The van der Waals surface area contributed by atoms with Gasteiger partial charge in [0.25, 0.3) is 5.91 Å². The van der Waals surface area contributed by atoms with Gasteiger partial charge in [0.1, 0.15) is 5.75 Å². The van der Waals surface area contributed by atoms with E-state index in [1.165, 1.54) is 9.80 Å². The molecule has 2 fully saturated rings. The monoisotopic (exact) mass is 428 g/mol. The minimum absolute atomic E-state index is 0.0998. The predicted octanol–water partition coefficient (Wildman–Crippen LogP) is 2.17. The third-order valence-electron chi connectivity index (χ3n) is 5.80. The maximum absolute atomic E-state index is 13.1. The second-order valence-electron chi connectivity index (χ2n) is 7.79. The molecule has 2 aliphatic rings. The van der Waals surface area contributed by atoms with Gasteiger partial charge in [0, 0.05) is 10.7 Å². The maximum atomic E-state index is 13.1. The van der Waals surface area contributed by atoms with Crippen LogP contribution in [-0.2, 0) is 9.59 Å². The van der Waals surface area contributed by atoms with Crippen LogP contribution in [0.4, 0.5) is 11.4 Å². The summed E-state index contributed by atoms with van der Waals surface area (Å²) < 4.78 is 5.59. The number of halogens is 1. The predicted molar refractivity (Wildman–Crippen MR) is 117 cm³/mol. The van der Waals surface area contributed by atoms with Crippen molar-refractivity contribution in [3.05, 3.63) is 53.6 Å². The molecule has 2 aliphatic heterocycles. The van der Waals surface area contributed by atoms with Crippen LogP contribution in [0, 0.1) is 0 Å². The van der Waals surface area contributed by atoms with Crippen LogP contribution in [-0.4, -0.2) is 50.6 Å². The largest absolute Gasteiger partial charge is 0.494 e. The quantitative estimate of drug-likeness (QED) is 0.716. The van der Waals surface area contributed by atoms with Gasteiger partial charge in [-0.3, -0.25) is 9.59 Å². The van der Waals surface area contributed by atoms with Crippen LogP contribution >= 0.6 is 11.6 Å². The number of quaternary nitrogens is 1. The number of nitrogens with zero attached hydrogens (tertiary/aromatic N) is 2. The van der Waals surface area contributed by atoms with Crippen LogP contribution in [0.3, 0.4) is 0 Å². The number of hydrogen-bond acceptors (Lipinski definition) is 4. The van der Waals surface area contributed by atoms with Gasteiger partial charge in [-0.2, -0.15) is 0 Å². The fraction of sp³-hybridized carbons (Fsp3) is 0.391. The molecule has 4 rings (SSSR count). The Kier molecular flexibility index (Phi) is 6.25. The van der Waals surface area contributed by atoms with Crippen LogP contribution in [0.1, 0.15) is 19.8 Å². The second-order valence-corrected chi connectivity index (χ2v) is 8.22. The number of piperazine rings is 1. The summed E-state index contributed by atoms with van der Waals surface area (Å²) in [5.74, 6) is 0.525. The molecular weight excluding hydrogens is 402 g/mol. The zero-order valence-corrected chi connectivity index (χ0v) is 17.9. The Morgan fingerprint density at radius 1 is 1.00 bits per heavy atom. The summed E-state index contributed by atoms with van der Waals surface area (Å²) in [6.45, 7) is 6.03. The standard InChI is InChI=1S/C23H26ClN3O3/c1-2-15-30-20-9-7-19(8-10-20)27-22(28)16-21(23(27)29)26-13-11-25(12-14-26)18-5-3-17(24)4-6-18/h3-10,21H,2,11-16H2,1H3/p+1/t21-/m1/s1. The SMILES string of the molecule is CCCOc1ccc(N2C(=O)C[C@@H]([NH+]3CCN(c4ccc(Cl)cc4)CC3)C2=O)cc1. The molecule has 0 unspecified atom stereocenters. The number of benzene rings is 2. The molecule has 2 amide bonds. The third kappa shape index (κ3) is 4.30. The van der Waals surface area contributed by atoms with E-state index < -0.39 is 0 Å². The molecule has 1 N–H and O–H groups in total. The van der Waals surface area contributed by atoms with Crippen molar-refractivity contribution in [3.8, 4) is 5.75 Å². The fourth-order valence-electron chi connectivity index (χ4n) is 4.19. The molecule has 7 heteroatoms. The fourth-order valence-corrected chi connectivity index (χ4v) is 4.31. The van der Waals surface area contributed by atoms with Crippen LogP contribution < -0.4 is 19.4 Å². The highest BCUT2D eigenvalue weighted by atomic mass is 35.5. The summed E-state index contributed by atoms with van der Waals surface area (Å²) in [6, 6.07) is 14.7. The Morgan fingerprint density at radius 3 is 2.27 bits per heavy atom. The molecule has 30 heavy (non-hydrogen) atoms. The Bertz CT molecular complexity index is 893. The number of imide groups is 1. The molecule has 6 nitrogen and oxygen atoms in total. The molecule has 158 valence electrons. The highest BCUT2D eigenvalue weighted by molar-refractivity contribution is 6.30. The minimum atomic E-state index is -0.305. The van der Waals surface area contributed by atoms with Crippen molar-refractivity contribution < 1.29 is 19.2 Å². The number of rotatable bonds is 6. The van der Waals surface area contributed by atoms with Crippen molar-refractivity contribution in [1.29, 1.82) is 0 Å². The van der Waals surface area contributed by atoms with Gasteiger partial charge in [0.2, 0.25) is 5.91 Å². The van der Waals surface area contributed by atoms with Gasteiger partial charge < -0.3 is 14.5 Å². The maximum Gasteiger partial charge on any atom is 0.292 e. The zero-order valence-electron chi connectivity index (χ0n) is 17.1. The van der Waals surface area contributed by atoms with E-state index in [9.17, 15) is 9.59 Å². The summed E-state index contributed by atoms with van der Waals surface area (Å²) in [5, 5.41) is 0.725. The summed E-state index contributed by atoms with van der Waals surface area (Å²) in [4.78, 5) is 30.6. The lowest BCUT2D eigenvalue weighted by atomic mass is 10.1. The van der Waals surface area contributed by atoms with E-state index in [-0.39, 0.29) is 24.3 Å². The summed E-state index contributed by atoms with van der Waals surface area (Å²) >= 11 is 5.98. The van der Waals surface area contributed by atoms with Crippen molar-refractivity contribution >= 4 is 34.8 Å². The van der Waals surface area contributed by atoms with E-state index >= 15 is 0 Å². The normalized spacial score (nSPS) is 20.1. The molecule has 2 saturated heterocycles. The number of ether oxygens (including phenoxy) is 1. The third-order valence-corrected chi connectivity index (χ3v) is 6.06. The second kappa shape index (κ2) is 9.06. The number of nitrogens with one attached hydrogen (secondary N) is 1. The van der Waals surface area contributed by atoms with E-state index in [1.54, 1.807) is 12.1 Å². The van der Waals surface area contributed by atoms with Gasteiger partial charge in [-0.15, -0.1) is 0 Å². The van der Waals surface area contributed by atoms with Crippen molar-refractivity contribution in [2.24, 2.45) is 0 Å². The van der Waals surface area contributed by atoms with Gasteiger partial charge in [0.05, 0.1) is 44.9 Å². The molecule has 0 aliphatic carbocycles. The summed E-state index contributed by atoms with van der Waals surface area (Å²) in [7, 11) is 0. The lowest BCUT2D eigenvalue weighted by Gasteiger charge is -2.35. The number of anilines is 2. The molecule has 0 radical (unpaired) electrons. The van der Waals surface area contributed by atoms with Gasteiger partial charge >= 0.3 is 0 Å². The van der Waals surface area contributed by atoms with E-state index in [4.69, 9.17) is 16.3 Å². The van der Waals surface area contributed by atoms with E-state index in [0.717, 1.165) is 49.1 Å². The first-order chi connectivity index (χ1) is 14.6. The van der Waals surface area contributed by atoms with Crippen LogP contribution in [0.25, 0.3) is 0 Å². The lowest BCUT2D eigenvalue weighted by molar-refractivity contribution is -0.915. The van der Waals surface area contributed by atoms with Gasteiger partial charge in [-0.25, -0.2) is 4.90 Å². The molecule has 2 heterocycles. The first-order valence-corrected chi connectivity index (χ1v) is 10.9. The Balaban J connectivity index is 1.39. The highest BCUT2D eigenvalue weighted by Gasteiger charge is 2.46. The summed E-state index contributed by atoms with van der Waals surface area (Å²) in [5.41, 5.74) is 1.76. The molecule has 2 aromatic carbocycles. The number of amides is 2. The lowest BCUT2D eigenvalue weighted by Crippen LogP contribution is -3.19. The van der Waals surface area contributed by atoms with Crippen LogP contribution in [0.2, 0.25) is 5.02 Å². The molecule has 2 aromatic rings. The number of hydrogen-bond donors (Lipinski definition) is 1. The van der Waals surface area contributed by atoms with Gasteiger partial charge in [-0.05, 0) is 55.0 Å². The molecule has 1 atom stereocenters. The molecule has 0 aromatic heterocycles.